The number of imide groups is 1. The summed E-state index contributed by atoms with van der Waals surface area (Å²) >= 11 is 0. The zero-order valence-electron chi connectivity index (χ0n) is 35.5. The van der Waals surface area contributed by atoms with Crippen molar-refractivity contribution in [1.82, 2.24) is 35.6 Å². The molecule has 4 amide bonds. The number of carbonyl (C=O) groups excluding carboxylic acids is 4. The summed E-state index contributed by atoms with van der Waals surface area (Å²) < 4.78 is 6.63. The lowest BCUT2D eigenvalue weighted by molar-refractivity contribution is -0.163. The Bertz CT molecular complexity index is 2450. The number of hydrogen-bond acceptors (Lipinski definition) is 13. The number of ether oxygens (including phenoxy) is 1. The SMILES string of the molecule is CC1(C)[C@H](NC(=O)c2ccc(N3CCC(CN4CCN(c5ccc6c(c5)C(O)N(C5CCC(=O)NC5=O)C6=O)CC4)CC3)nn2)C(C)(C)[C@H]1Oc1ccc(C#N)c2ncccc12. The van der Waals surface area contributed by atoms with Crippen LogP contribution in [0.15, 0.2) is 60.8 Å². The van der Waals surface area contributed by atoms with Gasteiger partial charge in [-0.2, -0.15) is 5.26 Å². The lowest BCUT2D eigenvalue weighted by atomic mass is 9.49. The molecular formula is C46H52N10O6. The number of carbonyl (C=O) groups is 4. The van der Waals surface area contributed by atoms with E-state index in [-0.39, 0.29) is 42.5 Å². The molecule has 6 heterocycles. The Hall–Kier alpha value is -6.18. The molecule has 1 aliphatic carbocycles. The van der Waals surface area contributed by atoms with Gasteiger partial charge in [0.15, 0.2) is 17.7 Å². The molecule has 0 spiro atoms. The predicted octanol–water partition coefficient (Wildman–Crippen LogP) is 3.80. The Morgan fingerprint density at radius 3 is 2.39 bits per heavy atom. The van der Waals surface area contributed by atoms with Crippen LogP contribution in [0.4, 0.5) is 11.5 Å². The highest BCUT2D eigenvalue weighted by molar-refractivity contribution is 6.06. The van der Waals surface area contributed by atoms with Crippen LogP contribution in [0.1, 0.15) is 91.6 Å². The summed E-state index contributed by atoms with van der Waals surface area (Å²) in [7, 11) is 0. The minimum absolute atomic E-state index is 0.126. The van der Waals surface area contributed by atoms with Crippen LogP contribution in [0.5, 0.6) is 5.75 Å². The van der Waals surface area contributed by atoms with Crippen LogP contribution in [-0.2, 0) is 9.59 Å². The number of rotatable bonds is 9. The van der Waals surface area contributed by atoms with Crippen molar-refractivity contribution in [2.45, 2.75) is 77.8 Å². The Balaban J connectivity index is 0.739. The maximum atomic E-state index is 13.5. The van der Waals surface area contributed by atoms with E-state index in [1.54, 1.807) is 24.4 Å². The van der Waals surface area contributed by atoms with E-state index in [0.717, 1.165) is 75.5 Å². The molecule has 322 valence electrons. The molecule has 9 rings (SSSR count). The van der Waals surface area contributed by atoms with Gasteiger partial charge in [0.1, 0.15) is 24.0 Å². The molecule has 0 bridgehead atoms. The van der Waals surface area contributed by atoms with Crippen molar-refractivity contribution in [2.24, 2.45) is 16.7 Å². The van der Waals surface area contributed by atoms with Gasteiger partial charge in [-0.1, -0.05) is 27.7 Å². The van der Waals surface area contributed by atoms with Gasteiger partial charge in [0, 0.05) is 97.5 Å². The lowest BCUT2D eigenvalue weighted by Crippen LogP contribution is -2.74. The molecule has 4 fully saturated rings. The van der Waals surface area contributed by atoms with Gasteiger partial charge >= 0.3 is 0 Å². The van der Waals surface area contributed by atoms with Crippen molar-refractivity contribution >= 4 is 46.0 Å². The minimum Gasteiger partial charge on any atom is -0.488 e. The van der Waals surface area contributed by atoms with Crippen molar-refractivity contribution in [3.8, 4) is 11.8 Å². The highest BCUT2D eigenvalue weighted by Gasteiger charge is 2.64. The van der Waals surface area contributed by atoms with Gasteiger partial charge in [-0.15, -0.1) is 10.2 Å². The normalized spacial score (nSPS) is 24.9. The summed E-state index contributed by atoms with van der Waals surface area (Å²) in [6.45, 7) is 14.5. The van der Waals surface area contributed by atoms with E-state index >= 15 is 0 Å². The smallest absolute Gasteiger partial charge is 0.272 e. The number of benzene rings is 2. The number of nitrogens with zero attached hydrogens (tertiary/aromatic N) is 8. The first kappa shape index (κ1) is 41.2. The molecule has 2 aromatic carbocycles. The van der Waals surface area contributed by atoms with Gasteiger partial charge in [0.2, 0.25) is 11.8 Å². The molecule has 2 atom stereocenters. The van der Waals surface area contributed by atoms with E-state index in [2.05, 4.69) is 74.3 Å². The van der Waals surface area contributed by atoms with E-state index < -0.39 is 34.9 Å². The van der Waals surface area contributed by atoms with Crippen molar-refractivity contribution in [2.75, 3.05) is 55.6 Å². The summed E-state index contributed by atoms with van der Waals surface area (Å²) in [6, 6.07) is 17.6. The highest BCUT2D eigenvalue weighted by atomic mass is 16.5. The van der Waals surface area contributed by atoms with E-state index in [1.165, 1.54) is 4.90 Å². The molecule has 16 nitrogen and oxygen atoms in total. The number of piperidine rings is 2. The fraction of sp³-hybridized carbons (Fsp3) is 0.478. The number of aliphatic hydroxyl groups excluding tert-OH is 1. The van der Waals surface area contributed by atoms with Crippen LogP contribution < -0.4 is 25.2 Å². The Labute approximate surface area is 360 Å². The second-order valence-corrected chi connectivity index (χ2v) is 18.5. The van der Waals surface area contributed by atoms with Crippen LogP contribution in [-0.4, -0.2) is 118 Å². The van der Waals surface area contributed by atoms with Crippen molar-refractivity contribution < 1.29 is 29.0 Å². The van der Waals surface area contributed by atoms with E-state index in [4.69, 9.17) is 4.74 Å². The van der Waals surface area contributed by atoms with Crippen molar-refractivity contribution in [3.05, 3.63) is 83.2 Å². The third-order valence-corrected chi connectivity index (χ3v) is 13.9. The summed E-state index contributed by atoms with van der Waals surface area (Å²) in [5.74, 6) is 0.370. The van der Waals surface area contributed by atoms with E-state index in [0.29, 0.717) is 33.9 Å². The van der Waals surface area contributed by atoms with Gasteiger partial charge in [-0.25, -0.2) is 0 Å². The Morgan fingerprint density at radius 2 is 1.69 bits per heavy atom. The molecule has 4 aliphatic heterocycles. The fourth-order valence-corrected chi connectivity index (χ4v) is 10.8. The van der Waals surface area contributed by atoms with Crippen molar-refractivity contribution in [1.29, 1.82) is 5.26 Å². The molecule has 2 unspecified atom stereocenters. The highest BCUT2D eigenvalue weighted by Crippen LogP contribution is 2.56. The largest absolute Gasteiger partial charge is 0.488 e. The third kappa shape index (κ3) is 7.26. The van der Waals surface area contributed by atoms with E-state index in [9.17, 15) is 29.5 Å². The molecule has 4 aromatic rings. The molecule has 3 N–H and O–H groups in total. The number of amides is 4. The third-order valence-electron chi connectivity index (χ3n) is 13.9. The summed E-state index contributed by atoms with van der Waals surface area (Å²) in [4.78, 5) is 63.5. The molecule has 5 aliphatic rings. The summed E-state index contributed by atoms with van der Waals surface area (Å²) in [5, 5.41) is 35.8. The van der Waals surface area contributed by atoms with Crippen LogP contribution in [0.3, 0.4) is 0 Å². The second-order valence-electron chi connectivity index (χ2n) is 18.5. The van der Waals surface area contributed by atoms with Gasteiger partial charge in [0.25, 0.3) is 11.8 Å². The van der Waals surface area contributed by atoms with Gasteiger partial charge in [-0.3, -0.25) is 39.3 Å². The number of nitriles is 1. The van der Waals surface area contributed by atoms with Crippen LogP contribution in [0.25, 0.3) is 10.9 Å². The van der Waals surface area contributed by atoms with Crippen LogP contribution in [0, 0.1) is 28.1 Å². The predicted molar refractivity (Wildman–Crippen MR) is 229 cm³/mol. The first-order valence-corrected chi connectivity index (χ1v) is 21.5. The van der Waals surface area contributed by atoms with Crippen LogP contribution >= 0.6 is 0 Å². The summed E-state index contributed by atoms with van der Waals surface area (Å²) in [5.41, 5.74) is 2.35. The Kier molecular flexibility index (Phi) is 10.6. The molecular weight excluding hydrogens is 789 g/mol. The number of nitrogens with one attached hydrogen (secondary N) is 2. The topological polar surface area (TPSA) is 197 Å². The maximum absolute atomic E-state index is 13.5. The maximum Gasteiger partial charge on any atom is 0.272 e. The molecule has 0 radical (unpaired) electrons. The zero-order chi connectivity index (χ0) is 43.5. The first-order chi connectivity index (χ1) is 29.7. The minimum atomic E-state index is -1.24. The van der Waals surface area contributed by atoms with Gasteiger partial charge in [-0.05, 0) is 79.8 Å². The molecule has 2 aromatic heterocycles. The van der Waals surface area contributed by atoms with Crippen LogP contribution in [0.2, 0.25) is 0 Å². The monoisotopic (exact) mass is 840 g/mol. The lowest BCUT2D eigenvalue weighted by Gasteiger charge is -2.63. The molecule has 62 heavy (non-hydrogen) atoms. The number of aliphatic hydroxyl groups is 1. The average molecular weight is 841 g/mol. The first-order valence-electron chi connectivity index (χ1n) is 21.5. The number of piperazine rings is 1. The number of hydrogen-bond donors (Lipinski definition) is 3. The average Bonchev–Trinajstić information content (AvgIpc) is 3.52. The number of fused-ring (bicyclic) bond motifs is 2. The van der Waals surface area contributed by atoms with E-state index in [1.807, 2.05) is 36.4 Å². The summed E-state index contributed by atoms with van der Waals surface area (Å²) in [6.07, 6.45) is 2.56. The van der Waals surface area contributed by atoms with Crippen molar-refractivity contribution in [3.63, 3.8) is 0 Å². The quantitative estimate of drug-likeness (QED) is 0.206. The van der Waals surface area contributed by atoms with Gasteiger partial charge < -0.3 is 25.0 Å². The molecule has 3 saturated heterocycles. The number of aromatic nitrogens is 3. The van der Waals surface area contributed by atoms with Gasteiger partial charge in [0.05, 0.1) is 11.1 Å². The Morgan fingerprint density at radius 1 is 0.935 bits per heavy atom. The zero-order valence-corrected chi connectivity index (χ0v) is 35.5. The number of anilines is 2. The molecule has 1 saturated carbocycles. The standard InChI is InChI=1S/C46H52N10O6/c1-45(2)43(46(3,4)44(45)62-35-12-7-28(25-47)38-31(35)6-5-17-48-38)50-39(58)33-10-13-36(52-51-33)55-18-15-27(16-19-55)26-53-20-22-54(23-21-53)29-8-9-30-32(24-29)42(61)56(41(30)60)34-11-14-37(57)49-40(34)59/h5-10,12-13,17,24,27,34,42-44,61H,11,14-16,18-23,26H2,1-4H3,(H,50,58)(H,49,57,59)/t34?,42?,43-,44-. The number of pyridine rings is 1. The fourth-order valence-electron chi connectivity index (χ4n) is 10.8. The molecule has 16 heteroatoms. The second kappa shape index (κ2) is 15.9.